The predicted molar refractivity (Wildman–Crippen MR) is 57.4 cm³/mol. The van der Waals surface area contributed by atoms with E-state index in [-0.39, 0.29) is 11.8 Å². The van der Waals surface area contributed by atoms with Crippen molar-refractivity contribution in [1.82, 2.24) is 5.32 Å². The van der Waals surface area contributed by atoms with Gasteiger partial charge in [-0.15, -0.1) is 0 Å². The number of benzene rings is 1. The molecule has 0 aliphatic carbocycles. The first kappa shape index (κ1) is 10.4. The van der Waals surface area contributed by atoms with Crippen LogP contribution in [-0.2, 0) is 6.42 Å². The van der Waals surface area contributed by atoms with E-state index in [1.165, 1.54) is 6.07 Å². The average Bonchev–Trinajstić information content (AvgIpc) is 2.75. The predicted octanol–water partition coefficient (Wildman–Crippen LogP) is 2.52. The van der Waals surface area contributed by atoms with E-state index in [1.807, 2.05) is 13.0 Å². The fraction of sp³-hybridized carbons (Fsp3) is 0.500. The molecule has 15 heavy (non-hydrogen) atoms. The molecule has 0 spiro atoms. The number of aromatic hydroxyl groups is 1. The summed E-state index contributed by atoms with van der Waals surface area (Å²) < 4.78 is 13.4. The van der Waals surface area contributed by atoms with Gasteiger partial charge in [-0.1, -0.05) is 13.0 Å². The third-order valence-corrected chi connectivity index (χ3v) is 3.00. The second kappa shape index (κ2) is 4.19. The molecule has 0 saturated carbocycles. The van der Waals surface area contributed by atoms with E-state index < -0.39 is 5.82 Å². The zero-order valence-electron chi connectivity index (χ0n) is 8.89. The van der Waals surface area contributed by atoms with E-state index in [4.69, 9.17) is 0 Å². The number of hydrogen-bond acceptors (Lipinski definition) is 2. The Morgan fingerprint density at radius 2 is 2.33 bits per heavy atom. The Hall–Kier alpha value is -1.09. The van der Waals surface area contributed by atoms with Crippen molar-refractivity contribution in [3.05, 3.63) is 29.1 Å². The zero-order chi connectivity index (χ0) is 10.8. The van der Waals surface area contributed by atoms with E-state index in [0.29, 0.717) is 5.56 Å². The molecule has 1 aromatic carbocycles. The van der Waals surface area contributed by atoms with Gasteiger partial charge in [-0.2, -0.15) is 0 Å². The number of nitrogens with one attached hydrogen (secondary N) is 1. The lowest BCUT2D eigenvalue weighted by Gasteiger charge is -2.14. The molecular weight excluding hydrogens is 193 g/mol. The van der Waals surface area contributed by atoms with Gasteiger partial charge in [0.25, 0.3) is 0 Å². The molecule has 3 heteroatoms. The van der Waals surface area contributed by atoms with Crippen molar-refractivity contribution in [2.45, 2.75) is 32.2 Å². The van der Waals surface area contributed by atoms with Crippen LogP contribution in [0.1, 0.15) is 36.9 Å². The Balaban J connectivity index is 2.39. The fourth-order valence-corrected chi connectivity index (χ4v) is 2.10. The normalized spacial score (nSPS) is 20.8. The first-order chi connectivity index (χ1) is 7.22. The van der Waals surface area contributed by atoms with E-state index in [9.17, 15) is 9.50 Å². The smallest absolute Gasteiger partial charge is 0.165 e. The maximum atomic E-state index is 13.4. The van der Waals surface area contributed by atoms with Crippen LogP contribution in [0.5, 0.6) is 5.75 Å². The first-order valence-corrected chi connectivity index (χ1v) is 5.47. The molecule has 1 atom stereocenters. The molecule has 0 radical (unpaired) electrons. The third kappa shape index (κ3) is 1.97. The van der Waals surface area contributed by atoms with Crippen molar-refractivity contribution >= 4 is 0 Å². The van der Waals surface area contributed by atoms with E-state index >= 15 is 0 Å². The molecule has 2 N–H and O–H groups in total. The van der Waals surface area contributed by atoms with Gasteiger partial charge in [-0.05, 0) is 37.4 Å². The second-order valence-electron chi connectivity index (χ2n) is 4.02. The minimum atomic E-state index is -0.502. The highest BCUT2D eigenvalue weighted by atomic mass is 19.1. The summed E-state index contributed by atoms with van der Waals surface area (Å²) in [6.07, 6.45) is 2.85. The van der Waals surface area contributed by atoms with Crippen LogP contribution in [0, 0.1) is 5.82 Å². The Morgan fingerprint density at radius 3 is 2.93 bits per heavy atom. The van der Waals surface area contributed by atoms with Gasteiger partial charge in [-0.25, -0.2) is 4.39 Å². The van der Waals surface area contributed by atoms with E-state index in [0.717, 1.165) is 31.4 Å². The lowest BCUT2D eigenvalue weighted by molar-refractivity contribution is 0.416. The van der Waals surface area contributed by atoms with Crippen molar-refractivity contribution in [1.29, 1.82) is 0 Å². The summed E-state index contributed by atoms with van der Waals surface area (Å²) in [5.41, 5.74) is 1.65. The molecule has 1 fully saturated rings. The molecule has 1 saturated heterocycles. The molecule has 0 amide bonds. The van der Waals surface area contributed by atoms with Gasteiger partial charge < -0.3 is 10.4 Å². The maximum Gasteiger partial charge on any atom is 0.165 e. The van der Waals surface area contributed by atoms with Crippen molar-refractivity contribution in [3.8, 4) is 5.75 Å². The molecule has 0 bridgehead atoms. The van der Waals surface area contributed by atoms with Crippen LogP contribution >= 0.6 is 0 Å². The van der Waals surface area contributed by atoms with Gasteiger partial charge in [0.2, 0.25) is 0 Å². The Labute approximate surface area is 89.1 Å². The van der Waals surface area contributed by atoms with Gasteiger partial charge in [0, 0.05) is 11.6 Å². The number of aryl methyl sites for hydroxylation is 1. The van der Waals surface area contributed by atoms with E-state index in [1.54, 1.807) is 0 Å². The molecule has 82 valence electrons. The molecular formula is C12H16FNO. The summed E-state index contributed by atoms with van der Waals surface area (Å²) in [5, 5.41) is 12.9. The Morgan fingerprint density at radius 1 is 1.53 bits per heavy atom. The van der Waals surface area contributed by atoms with Gasteiger partial charge in [0.15, 0.2) is 11.6 Å². The number of hydrogen-bond donors (Lipinski definition) is 2. The molecule has 2 rings (SSSR count). The number of phenolic OH excluding ortho intramolecular Hbond substituents is 1. The number of rotatable bonds is 2. The van der Waals surface area contributed by atoms with Crippen LogP contribution in [0.3, 0.4) is 0 Å². The second-order valence-corrected chi connectivity index (χ2v) is 4.02. The zero-order valence-corrected chi connectivity index (χ0v) is 8.89. The maximum absolute atomic E-state index is 13.4. The standard InChI is InChI=1S/C12H16FNO/c1-2-8-6-9(11-4-3-5-14-11)12(15)10(13)7-8/h6-7,11,14-15H,2-5H2,1H3. The van der Waals surface area contributed by atoms with Crippen LogP contribution in [0.15, 0.2) is 12.1 Å². The summed E-state index contributed by atoms with van der Waals surface area (Å²) in [5.74, 6) is -0.690. The highest BCUT2D eigenvalue weighted by Gasteiger charge is 2.21. The van der Waals surface area contributed by atoms with Gasteiger partial charge in [-0.3, -0.25) is 0 Å². The lowest BCUT2D eigenvalue weighted by Crippen LogP contribution is -2.13. The fourth-order valence-electron chi connectivity index (χ4n) is 2.10. The third-order valence-electron chi connectivity index (χ3n) is 3.00. The highest BCUT2D eigenvalue weighted by Crippen LogP contribution is 2.33. The van der Waals surface area contributed by atoms with Crippen LogP contribution in [-0.4, -0.2) is 11.7 Å². The van der Waals surface area contributed by atoms with Gasteiger partial charge >= 0.3 is 0 Å². The molecule has 1 aliphatic heterocycles. The quantitative estimate of drug-likeness (QED) is 0.784. The summed E-state index contributed by atoms with van der Waals surface area (Å²) in [7, 11) is 0. The summed E-state index contributed by atoms with van der Waals surface area (Å²) in [4.78, 5) is 0. The van der Waals surface area contributed by atoms with Crippen molar-refractivity contribution in [2.75, 3.05) is 6.54 Å². The first-order valence-electron chi connectivity index (χ1n) is 5.47. The minimum Gasteiger partial charge on any atom is -0.505 e. The molecule has 2 nitrogen and oxygen atoms in total. The molecule has 0 aromatic heterocycles. The number of phenols is 1. The summed E-state index contributed by atoms with van der Waals surface area (Å²) >= 11 is 0. The SMILES string of the molecule is CCc1cc(F)c(O)c(C2CCCN2)c1. The van der Waals surface area contributed by atoms with Gasteiger partial charge in [0.1, 0.15) is 0 Å². The lowest BCUT2D eigenvalue weighted by atomic mass is 10.00. The van der Waals surface area contributed by atoms with Crippen LogP contribution < -0.4 is 5.32 Å². The number of halogens is 1. The topological polar surface area (TPSA) is 32.3 Å². The summed E-state index contributed by atoms with van der Waals surface area (Å²) in [6, 6.07) is 3.43. The molecule has 1 aromatic rings. The van der Waals surface area contributed by atoms with Crippen LogP contribution in [0.25, 0.3) is 0 Å². The van der Waals surface area contributed by atoms with E-state index in [2.05, 4.69) is 5.32 Å². The molecule has 1 heterocycles. The van der Waals surface area contributed by atoms with Crippen LogP contribution in [0.4, 0.5) is 4.39 Å². The Kier molecular flexibility index (Phi) is 2.91. The highest BCUT2D eigenvalue weighted by molar-refractivity contribution is 5.40. The summed E-state index contributed by atoms with van der Waals surface area (Å²) in [6.45, 7) is 2.93. The Bertz CT molecular complexity index is 359. The van der Waals surface area contributed by atoms with Gasteiger partial charge in [0.05, 0.1) is 0 Å². The van der Waals surface area contributed by atoms with Crippen molar-refractivity contribution in [3.63, 3.8) is 0 Å². The van der Waals surface area contributed by atoms with Crippen LogP contribution in [0.2, 0.25) is 0 Å². The minimum absolute atomic E-state index is 0.117. The van der Waals surface area contributed by atoms with Crippen molar-refractivity contribution in [2.24, 2.45) is 0 Å². The molecule has 1 aliphatic rings. The largest absolute Gasteiger partial charge is 0.505 e. The monoisotopic (exact) mass is 209 g/mol. The van der Waals surface area contributed by atoms with Crippen molar-refractivity contribution < 1.29 is 9.50 Å². The average molecular weight is 209 g/mol. The molecule has 1 unspecified atom stereocenters.